The molecule has 2 aromatic heterocycles. The first-order valence-corrected chi connectivity index (χ1v) is 5.57. The number of hydrogen-bond acceptors (Lipinski definition) is 3. The maximum Gasteiger partial charge on any atom is 0.325 e. The number of rotatable bonds is 1. The van der Waals surface area contributed by atoms with Gasteiger partial charge in [-0.15, -0.1) is 0 Å². The molecule has 0 aromatic carbocycles. The largest absolute Gasteiger partial charge is 0.326 e. The van der Waals surface area contributed by atoms with Crippen LogP contribution in [0.5, 0.6) is 0 Å². The number of H-pyrrole nitrogens is 1. The monoisotopic (exact) mass is 251 g/mol. The zero-order chi connectivity index (χ0) is 12.0. The SMILES string of the molecule is CN1CCN(c2n[nH]c3cc(Cl)ncc23)C1=O. The van der Waals surface area contributed by atoms with Gasteiger partial charge in [0, 0.05) is 32.4 Å². The lowest BCUT2D eigenvalue weighted by Crippen LogP contribution is -2.29. The van der Waals surface area contributed by atoms with E-state index in [1.54, 1.807) is 29.1 Å². The summed E-state index contributed by atoms with van der Waals surface area (Å²) in [7, 11) is 1.77. The molecule has 1 aliphatic heterocycles. The number of urea groups is 1. The van der Waals surface area contributed by atoms with Gasteiger partial charge < -0.3 is 4.90 Å². The molecule has 0 aliphatic carbocycles. The van der Waals surface area contributed by atoms with Gasteiger partial charge in [0.1, 0.15) is 5.15 Å². The Morgan fingerprint density at radius 2 is 2.29 bits per heavy atom. The van der Waals surface area contributed by atoms with Crippen molar-refractivity contribution in [1.29, 1.82) is 0 Å². The minimum absolute atomic E-state index is 0.0478. The molecule has 2 amide bonds. The lowest BCUT2D eigenvalue weighted by molar-refractivity contribution is 0.229. The highest BCUT2D eigenvalue weighted by Gasteiger charge is 2.29. The van der Waals surface area contributed by atoms with Crippen LogP contribution in [0.15, 0.2) is 12.3 Å². The van der Waals surface area contributed by atoms with Crippen molar-refractivity contribution in [3.63, 3.8) is 0 Å². The summed E-state index contributed by atoms with van der Waals surface area (Å²) in [6.07, 6.45) is 1.63. The van der Waals surface area contributed by atoms with E-state index in [0.29, 0.717) is 24.1 Å². The van der Waals surface area contributed by atoms with Crippen LogP contribution < -0.4 is 4.90 Å². The number of nitrogens with one attached hydrogen (secondary N) is 1. The molecule has 0 radical (unpaired) electrons. The zero-order valence-electron chi connectivity index (χ0n) is 9.14. The number of anilines is 1. The summed E-state index contributed by atoms with van der Waals surface area (Å²) in [5.74, 6) is 0.610. The van der Waals surface area contributed by atoms with Gasteiger partial charge in [-0.3, -0.25) is 10.00 Å². The third-order valence-corrected chi connectivity index (χ3v) is 3.07. The molecule has 1 N–H and O–H groups in total. The summed E-state index contributed by atoms with van der Waals surface area (Å²) in [4.78, 5) is 19.2. The Kier molecular flexibility index (Phi) is 2.19. The Bertz CT molecular complexity index is 595. The van der Waals surface area contributed by atoms with Gasteiger partial charge in [-0.05, 0) is 0 Å². The number of nitrogens with zero attached hydrogens (tertiary/aromatic N) is 4. The third kappa shape index (κ3) is 1.52. The molecule has 3 rings (SSSR count). The van der Waals surface area contributed by atoms with Gasteiger partial charge >= 0.3 is 6.03 Å². The van der Waals surface area contributed by atoms with Gasteiger partial charge in [-0.2, -0.15) is 5.10 Å². The van der Waals surface area contributed by atoms with E-state index in [1.807, 2.05) is 0 Å². The number of fused-ring (bicyclic) bond motifs is 1. The molecular formula is C10H10ClN5O. The van der Waals surface area contributed by atoms with Gasteiger partial charge in [0.25, 0.3) is 0 Å². The highest BCUT2D eigenvalue weighted by Crippen LogP contribution is 2.27. The highest BCUT2D eigenvalue weighted by molar-refractivity contribution is 6.30. The number of aromatic amines is 1. The van der Waals surface area contributed by atoms with Gasteiger partial charge in [-0.1, -0.05) is 11.6 Å². The van der Waals surface area contributed by atoms with E-state index in [0.717, 1.165) is 10.9 Å². The maximum absolute atomic E-state index is 11.9. The molecule has 0 bridgehead atoms. The standard InChI is InChI=1S/C10H10ClN5O/c1-15-2-3-16(10(15)17)9-6-5-12-8(11)4-7(6)13-14-9/h4-5H,2-3H2,1H3,(H,13,14). The molecule has 2 aromatic rings. The van der Waals surface area contributed by atoms with Crippen LogP contribution in [0.3, 0.4) is 0 Å². The molecule has 0 spiro atoms. The Morgan fingerprint density at radius 3 is 3.00 bits per heavy atom. The van der Waals surface area contributed by atoms with Crippen LogP contribution in [0.2, 0.25) is 5.15 Å². The van der Waals surface area contributed by atoms with Crippen LogP contribution in [-0.2, 0) is 0 Å². The fraction of sp³-hybridized carbons (Fsp3) is 0.300. The summed E-state index contributed by atoms with van der Waals surface area (Å²) in [6, 6.07) is 1.64. The van der Waals surface area contributed by atoms with Crippen LogP contribution in [0.1, 0.15) is 0 Å². The topological polar surface area (TPSA) is 65.1 Å². The Labute approximate surface area is 102 Å². The first kappa shape index (κ1) is 10.3. The normalized spacial score (nSPS) is 16.2. The summed E-state index contributed by atoms with van der Waals surface area (Å²) in [5.41, 5.74) is 0.780. The minimum atomic E-state index is -0.0478. The van der Waals surface area contributed by atoms with Crippen LogP contribution in [-0.4, -0.2) is 46.2 Å². The quantitative estimate of drug-likeness (QED) is 0.781. The molecule has 17 heavy (non-hydrogen) atoms. The Morgan fingerprint density at radius 1 is 1.47 bits per heavy atom. The molecule has 6 nitrogen and oxygen atoms in total. The number of likely N-dealkylation sites (N-methyl/N-ethyl adjacent to an activating group) is 1. The van der Waals surface area contributed by atoms with E-state index in [2.05, 4.69) is 15.2 Å². The van der Waals surface area contributed by atoms with Crippen molar-refractivity contribution in [3.8, 4) is 0 Å². The van der Waals surface area contributed by atoms with Gasteiger partial charge in [0.2, 0.25) is 0 Å². The smallest absolute Gasteiger partial charge is 0.325 e. The summed E-state index contributed by atoms with van der Waals surface area (Å²) >= 11 is 5.79. The van der Waals surface area contributed by atoms with E-state index in [-0.39, 0.29) is 6.03 Å². The van der Waals surface area contributed by atoms with E-state index in [1.165, 1.54) is 0 Å². The first-order valence-electron chi connectivity index (χ1n) is 5.19. The fourth-order valence-corrected chi connectivity index (χ4v) is 2.08. The second kappa shape index (κ2) is 3.59. The van der Waals surface area contributed by atoms with Crippen molar-refractivity contribution >= 4 is 34.4 Å². The third-order valence-electron chi connectivity index (χ3n) is 2.87. The molecule has 0 atom stereocenters. The van der Waals surface area contributed by atoms with Crippen molar-refractivity contribution in [2.45, 2.75) is 0 Å². The van der Waals surface area contributed by atoms with Gasteiger partial charge in [0.15, 0.2) is 5.82 Å². The van der Waals surface area contributed by atoms with Crippen molar-refractivity contribution < 1.29 is 4.79 Å². The lowest BCUT2D eigenvalue weighted by Gasteiger charge is -2.12. The van der Waals surface area contributed by atoms with Crippen LogP contribution >= 0.6 is 11.6 Å². The number of hydrogen-bond donors (Lipinski definition) is 1. The molecule has 0 saturated carbocycles. The maximum atomic E-state index is 11.9. The lowest BCUT2D eigenvalue weighted by atomic mass is 10.3. The molecule has 7 heteroatoms. The van der Waals surface area contributed by atoms with Gasteiger partial charge in [0.05, 0.1) is 10.9 Å². The fourth-order valence-electron chi connectivity index (χ4n) is 1.92. The van der Waals surface area contributed by atoms with Crippen molar-refractivity contribution in [1.82, 2.24) is 20.1 Å². The predicted molar refractivity (Wildman–Crippen MR) is 64.3 cm³/mol. The second-order valence-electron chi connectivity index (χ2n) is 3.96. The van der Waals surface area contributed by atoms with Crippen LogP contribution in [0, 0.1) is 0 Å². The molecule has 1 saturated heterocycles. The molecule has 0 unspecified atom stereocenters. The summed E-state index contributed by atoms with van der Waals surface area (Å²) < 4.78 is 0. The highest BCUT2D eigenvalue weighted by atomic mass is 35.5. The van der Waals surface area contributed by atoms with Crippen LogP contribution in [0.25, 0.3) is 10.9 Å². The zero-order valence-corrected chi connectivity index (χ0v) is 9.90. The Balaban J connectivity index is 2.09. The number of carbonyl (C=O) groups is 1. The van der Waals surface area contributed by atoms with Crippen molar-refractivity contribution in [2.75, 3.05) is 25.0 Å². The average molecular weight is 252 g/mol. The summed E-state index contributed by atoms with van der Waals surface area (Å²) in [6.45, 7) is 1.34. The van der Waals surface area contributed by atoms with E-state index < -0.39 is 0 Å². The minimum Gasteiger partial charge on any atom is -0.326 e. The number of pyridine rings is 1. The molecule has 1 fully saturated rings. The van der Waals surface area contributed by atoms with E-state index >= 15 is 0 Å². The van der Waals surface area contributed by atoms with Gasteiger partial charge in [-0.25, -0.2) is 9.78 Å². The van der Waals surface area contributed by atoms with Crippen LogP contribution in [0.4, 0.5) is 10.6 Å². The number of halogens is 1. The van der Waals surface area contributed by atoms with E-state index in [4.69, 9.17) is 11.6 Å². The molecule has 1 aliphatic rings. The summed E-state index contributed by atoms with van der Waals surface area (Å²) in [5, 5.41) is 8.22. The molecular weight excluding hydrogens is 242 g/mol. The van der Waals surface area contributed by atoms with Crippen molar-refractivity contribution in [2.24, 2.45) is 0 Å². The van der Waals surface area contributed by atoms with Crippen molar-refractivity contribution in [3.05, 3.63) is 17.4 Å². The number of carbonyl (C=O) groups excluding carboxylic acids is 1. The molecule has 88 valence electrons. The second-order valence-corrected chi connectivity index (χ2v) is 4.34. The first-order chi connectivity index (χ1) is 8.16. The van der Waals surface area contributed by atoms with E-state index in [9.17, 15) is 4.79 Å². The Hall–Kier alpha value is -1.82. The number of aromatic nitrogens is 3. The average Bonchev–Trinajstić information content (AvgIpc) is 2.84. The molecule has 3 heterocycles. The predicted octanol–water partition coefficient (Wildman–Crippen LogP) is 1.48. The number of amides is 2.